The first-order chi connectivity index (χ1) is 13.6. The number of fused-ring (bicyclic) bond motifs is 1. The molecule has 8 nitrogen and oxygen atoms in total. The van der Waals surface area contributed by atoms with Crippen molar-refractivity contribution in [1.29, 1.82) is 0 Å². The van der Waals surface area contributed by atoms with Crippen molar-refractivity contribution < 1.29 is 23.6 Å². The standard InChI is InChI=1S/C20H16N2O6/c23-20(15-5-8-18-19(10-15)28-13-27-18)21(12-17-2-1-9-26-17)11-14-3-6-16(7-4-14)22(24)25/h1-10H,11-13H2. The highest BCUT2D eigenvalue weighted by Gasteiger charge is 2.22. The molecule has 0 aliphatic carbocycles. The number of hydrogen-bond donors (Lipinski definition) is 0. The zero-order valence-electron chi connectivity index (χ0n) is 14.7. The monoisotopic (exact) mass is 380 g/mol. The van der Waals surface area contributed by atoms with Gasteiger partial charge in [-0.3, -0.25) is 14.9 Å². The molecular weight excluding hydrogens is 364 g/mol. The summed E-state index contributed by atoms with van der Waals surface area (Å²) in [4.78, 5) is 25.1. The minimum atomic E-state index is -0.456. The van der Waals surface area contributed by atoms with Gasteiger partial charge in [-0.1, -0.05) is 12.1 Å². The van der Waals surface area contributed by atoms with Crippen LogP contribution in [-0.2, 0) is 13.1 Å². The maximum Gasteiger partial charge on any atom is 0.269 e. The molecule has 1 aliphatic rings. The number of furan rings is 1. The summed E-state index contributed by atoms with van der Waals surface area (Å²) >= 11 is 0. The van der Waals surface area contributed by atoms with Crippen LogP contribution in [0.25, 0.3) is 0 Å². The van der Waals surface area contributed by atoms with E-state index in [0.717, 1.165) is 5.56 Å². The topological polar surface area (TPSA) is 95.0 Å². The molecular formula is C20H16N2O6. The molecule has 1 aromatic heterocycles. The predicted molar refractivity (Wildman–Crippen MR) is 97.9 cm³/mol. The van der Waals surface area contributed by atoms with Crippen LogP contribution in [0.1, 0.15) is 21.7 Å². The minimum Gasteiger partial charge on any atom is -0.467 e. The fourth-order valence-electron chi connectivity index (χ4n) is 2.95. The summed E-state index contributed by atoms with van der Waals surface area (Å²) in [6.07, 6.45) is 1.55. The number of carbonyl (C=O) groups excluding carboxylic acids is 1. The Morgan fingerprint density at radius 1 is 1.04 bits per heavy atom. The van der Waals surface area contributed by atoms with E-state index in [0.29, 0.717) is 22.8 Å². The maximum absolute atomic E-state index is 13.1. The van der Waals surface area contributed by atoms with E-state index in [1.807, 2.05) is 0 Å². The number of nitrogens with zero attached hydrogens (tertiary/aromatic N) is 2. The van der Waals surface area contributed by atoms with E-state index in [9.17, 15) is 14.9 Å². The van der Waals surface area contributed by atoms with Gasteiger partial charge in [0.05, 0.1) is 17.7 Å². The van der Waals surface area contributed by atoms with Gasteiger partial charge in [0.15, 0.2) is 11.5 Å². The summed E-state index contributed by atoms with van der Waals surface area (Å²) < 4.78 is 16.0. The molecule has 0 saturated carbocycles. The zero-order valence-corrected chi connectivity index (χ0v) is 14.7. The predicted octanol–water partition coefficient (Wildman–Crippen LogP) is 3.76. The van der Waals surface area contributed by atoms with Crippen LogP contribution < -0.4 is 9.47 Å². The van der Waals surface area contributed by atoms with Gasteiger partial charge in [0, 0.05) is 24.2 Å². The highest BCUT2D eigenvalue weighted by atomic mass is 16.7. The van der Waals surface area contributed by atoms with Crippen molar-refractivity contribution in [3.63, 3.8) is 0 Å². The lowest BCUT2D eigenvalue weighted by atomic mass is 10.1. The molecule has 1 amide bonds. The number of benzene rings is 2. The number of hydrogen-bond acceptors (Lipinski definition) is 6. The largest absolute Gasteiger partial charge is 0.467 e. The molecule has 2 heterocycles. The molecule has 4 rings (SSSR count). The number of nitro groups is 1. The third-order valence-corrected chi connectivity index (χ3v) is 4.35. The molecule has 0 radical (unpaired) electrons. The number of non-ortho nitro benzene ring substituents is 1. The molecule has 2 aromatic carbocycles. The fourth-order valence-corrected chi connectivity index (χ4v) is 2.95. The zero-order chi connectivity index (χ0) is 19.5. The maximum atomic E-state index is 13.1. The molecule has 0 bridgehead atoms. The third-order valence-electron chi connectivity index (χ3n) is 4.35. The van der Waals surface area contributed by atoms with Gasteiger partial charge in [-0.05, 0) is 35.9 Å². The second-order valence-electron chi connectivity index (χ2n) is 6.23. The van der Waals surface area contributed by atoms with E-state index >= 15 is 0 Å². The van der Waals surface area contributed by atoms with Gasteiger partial charge in [-0.25, -0.2) is 0 Å². The lowest BCUT2D eigenvalue weighted by molar-refractivity contribution is -0.384. The summed E-state index contributed by atoms with van der Waals surface area (Å²) in [7, 11) is 0. The number of carbonyl (C=O) groups is 1. The van der Waals surface area contributed by atoms with Crippen molar-refractivity contribution in [2.45, 2.75) is 13.1 Å². The number of ether oxygens (including phenoxy) is 2. The molecule has 142 valence electrons. The number of rotatable bonds is 6. The molecule has 0 unspecified atom stereocenters. The lowest BCUT2D eigenvalue weighted by Gasteiger charge is -2.22. The summed E-state index contributed by atoms with van der Waals surface area (Å²) in [5, 5.41) is 10.8. The van der Waals surface area contributed by atoms with Crippen LogP contribution in [0.3, 0.4) is 0 Å². The van der Waals surface area contributed by atoms with Gasteiger partial charge in [0.1, 0.15) is 5.76 Å². The first-order valence-corrected chi connectivity index (χ1v) is 8.55. The highest BCUT2D eigenvalue weighted by molar-refractivity contribution is 5.95. The minimum absolute atomic E-state index is 0.00318. The lowest BCUT2D eigenvalue weighted by Crippen LogP contribution is -2.30. The fraction of sp³-hybridized carbons (Fsp3) is 0.150. The van der Waals surface area contributed by atoms with Crippen molar-refractivity contribution in [3.8, 4) is 11.5 Å². The van der Waals surface area contributed by atoms with Crippen LogP contribution in [0.4, 0.5) is 5.69 Å². The van der Waals surface area contributed by atoms with Crippen molar-refractivity contribution in [2.75, 3.05) is 6.79 Å². The second-order valence-corrected chi connectivity index (χ2v) is 6.23. The first-order valence-electron chi connectivity index (χ1n) is 8.55. The van der Waals surface area contributed by atoms with Gasteiger partial charge < -0.3 is 18.8 Å². The number of amides is 1. The Morgan fingerprint density at radius 2 is 1.82 bits per heavy atom. The number of nitro benzene ring substituents is 1. The van der Waals surface area contributed by atoms with Crippen molar-refractivity contribution in [1.82, 2.24) is 4.90 Å². The Kier molecular flexibility index (Phi) is 4.67. The van der Waals surface area contributed by atoms with E-state index in [1.165, 1.54) is 12.1 Å². The summed E-state index contributed by atoms with van der Waals surface area (Å²) in [5.74, 6) is 1.55. The highest BCUT2D eigenvalue weighted by Crippen LogP contribution is 2.33. The van der Waals surface area contributed by atoms with Crippen molar-refractivity contribution >= 4 is 11.6 Å². The Hall–Kier alpha value is -3.81. The molecule has 0 fully saturated rings. The molecule has 0 atom stereocenters. The van der Waals surface area contributed by atoms with Crippen LogP contribution in [0.15, 0.2) is 65.3 Å². The third kappa shape index (κ3) is 3.66. The summed E-state index contributed by atoms with van der Waals surface area (Å²) in [6, 6.07) is 14.7. The quantitative estimate of drug-likeness (QED) is 0.477. The average Bonchev–Trinajstić information content (AvgIpc) is 3.38. The Bertz CT molecular complexity index is 998. The van der Waals surface area contributed by atoms with Gasteiger partial charge in [0.25, 0.3) is 11.6 Å². The van der Waals surface area contributed by atoms with E-state index in [-0.39, 0.29) is 31.5 Å². The van der Waals surface area contributed by atoms with Crippen LogP contribution in [0.5, 0.6) is 11.5 Å². The van der Waals surface area contributed by atoms with Gasteiger partial charge in [-0.15, -0.1) is 0 Å². The molecule has 0 N–H and O–H groups in total. The molecule has 3 aromatic rings. The van der Waals surface area contributed by atoms with Crippen LogP contribution in [0, 0.1) is 10.1 Å². The van der Waals surface area contributed by atoms with Gasteiger partial charge in [0.2, 0.25) is 6.79 Å². The summed E-state index contributed by atoms with van der Waals surface area (Å²) in [5.41, 5.74) is 1.23. The van der Waals surface area contributed by atoms with E-state index in [2.05, 4.69) is 0 Å². The van der Waals surface area contributed by atoms with Crippen molar-refractivity contribution in [2.24, 2.45) is 0 Å². The molecule has 1 aliphatic heterocycles. The van der Waals surface area contributed by atoms with E-state index in [4.69, 9.17) is 13.9 Å². The van der Waals surface area contributed by atoms with Crippen molar-refractivity contribution in [3.05, 3.63) is 87.9 Å². The molecule has 28 heavy (non-hydrogen) atoms. The molecule has 0 saturated heterocycles. The van der Waals surface area contributed by atoms with Crippen LogP contribution >= 0.6 is 0 Å². The SMILES string of the molecule is O=C(c1ccc2c(c1)OCO2)N(Cc1ccc([N+](=O)[O-])cc1)Cc1ccco1. The van der Waals surface area contributed by atoms with Crippen LogP contribution in [0.2, 0.25) is 0 Å². The van der Waals surface area contributed by atoms with E-state index in [1.54, 1.807) is 53.6 Å². The Balaban J connectivity index is 1.59. The summed E-state index contributed by atoms with van der Waals surface area (Å²) in [6.45, 7) is 0.662. The smallest absolute Gasteiger partial charge is 0.269 e. The second kappa shape index (κ2) is 7.43. The Morgan fingerprint density at radius 3 is 2.54 bits per heavy atom. The molecule has 8 heteroatoms. The van der Waals surface area contributed by atoms with Gasteiger partial charge >= 0.3 is 0 Å². The first kappa shape index (κ1) is 17.6. The van der Waals surface area contributed by atoms with Gasteiger partial charge in [-0.2, -0.15) is 0 Å². The average molecular weight is 380 g/mol. The normalized spacial score (nSPS) is 12.0. The van der Waals surface area contributed by atoms with E-state index < -0.39 is 4.92 Å². The Labute approximate surface area is 160 Å². The van der Waals surface area contributed by atoms with Crippen LogP contribution in [-0.4, -0.2) is 22.5 Å². The molecule has 0 spiro atoms.